The number of carbonyl (C=O) groups is 3. The average Bonchev–Trinajstić information content (AvgIpc) is 2.73. The monoisotopic (exact) mass is 428 g/mol. The van der Waals surface area contributed by atoms with Crippen LogP contribution in [0.5, 0.6) is 0 Å². The van der Waals surface area contributed by atoms with Gasteiger partial charge >= 0.3 is 12.1 Å². The van der Waals surface area contributed by atoms with Crippen molar-refractivity contribution in [2.75, 3.05) is 26.3 Å². The smallest absolute Gasteiger partial charge is 0.407 e. The Labute approximate surface area is 183 Å². The number of alkyl carbamates (subject to hydrolysis) is 1. The Morgan fingerprint density at radius 3 is 1.73 bits per heavy atom. The van der Waals surface area contributed by atoms with Crippen molar-refractivity contribution in [3.8, 4) is 0 Å². The zero-order chi connectivity index (χ0) is 22.3. The number of ether oxygens (including phenoxy) is 2. The zero-order valence-electron chi connectivity index (χ0n) is 19.3. The Morgan fingerprint density at radius 2 is 1.20 bits per heavy atom. The van der Waals surface area contributed by atoms with Crippen molar-refractivity contribution in [1.29, 1.82) is 0 Å². The van der Waals surface area contributed by atoms with Gasteiger partial charge < -0.3 is 20.1 Å². The highest BCUT2D eigenvalue weighted by Crippen LogP contribution is 2.12. The van der Waals surface area contributed by atoms with Crippen LogP contribution in [-0.2, 0) is 19.1 Å². The Hall–Kier alpha value is -1.79. The second-order valence-corrected chi connectivity index (χ2v) is 7.64. The molecule has 0 bridgehead atoms. The summed E-state index contributed by atoms with van der Waals surface area (Å²) in [4.78, 5) is 34.2. The highest BCUT2D eigenvalue weighted by atomic mass is 16.6. The molecule has 0 rings (SSSR count). The third-order valence-electron chi connectivity index (χ3n) is 4.85. The molecular formula is C23H44N2O5. The Bertz CT molecular complexity index is 443. The van der Waals surface area contributed by atoms with E-state index in [-0.39, 0.29) is 32.2 Å². The van der Waals surface area contributed by atoms with E-state index in [2.05, 4.69) is 22.3 Å². The SMILES string of the molecule is CCCCCCCCCCCCCCCC(=O)NCCOC(=O)NCC(=O)OCC. The van der Waals surface area contributed by atoms with Gasteiger partial charge in [0.1, 0.15) is 13.2 Å². The first-order valence-electron chi connectivity index (χ1n) is 11.9. The van der Waals surface area contributed by atoms with E-state index in [0.717, 1.165) is 12.8 Å². The predicted molar refractivity (Wildman–Crippen MR) is 119 cm³/mol. The molecule has 2 N–H and O–H groups in total. The Balaban J connectivity index is 3.32. The molecule has 0 aliphatic heterocycles. The Morgan fingerprint density at radius 1 is 0.667 bits per heavy atom. The molecule has 0 spiro atoms. The van der Waals surface area contributed by atoms with Crippen LogP contribution in [0.1, 0.15) is 104 Å². The first-order valence-corrected chi connectivity index (χ1v) is 11.9. The van der Waals surface area contributed by atoms with Crippen LogP contribution in [-0.4, -0.2) is 44.3 Å². The van der Waals surface area contributed by atoms with Crippen LogP contribution in [0.2, 0.25) is 0 Å². The molecule has 0 saturated heterocycles. The molecule has 0 radical (unpaired) electrons. The second-order valence-electron chi connectivity index (χ2n) is 7.64. The standard InChI is InChI=1S/C23H44N2O5/c1-3-5-6-7-8-9-10-11-12-13-14-15-16-17-21(26)24-18-19-30-23(28)25-20-22(27)29-4-2/h3-20H2,1-2H3,(H,24,26)(H,25,28). The van der Waals surface area contributed by atoms with Gasteiger partial charge in [-0.3, -0.25) is 9.59 Å². The molecule has 0 heterocycles. The third-order valence-corrected chi connectivity index (χ3v) is 4.85. The second kappa shape index (κ2) is 21.9. The number of nitrogens with one attached hydrogen (secondary N) is 2. The van der Waals surface area contributed by atoms with Crippen LogP contribution >= 0.6 is 0 Å². The molecule has 0 unspecified atom stereocenters. The lowest BCUT2D eigenvalue weighted by Gasteiger charge is -2.08. The zero-order valence-corrected chi connectivity index (χ0v) is 19.3. The fraction of sp³-hybridized carbons (Fsp3) is 0.870. The van der Waals surface area contributed by atoms with Gasteiger partial charge in [0, 0.05) is 6.42 Å². The first kappa shape index (κ1) is 28.2. The molecule has 176 valence electrons. The van der Waals surface area contributed by atoms with Gasteiger partial charge in [-0.15, -0.1) is 0 Å². The molecule has 0 aromatic rings. The van der Waals surface area contributed by atoms with E-state index in [9.17, 15) is 14.4 Å². The largest absolute Gasteiger partial charge is 0.465 e. The van der Waals surface area contributed by atoms with Crippen molar-refractivity contribution in [2.45, 2.75) is 104 Å². The summed E-state index contributed by atoms with van der Waals surface area (Å²) < 4.78 is 9.55. The quantitative estimate of drug-likeness (QED) is 0.213. The maximum atomic E-state index is 11.7. The number of hydrogen-bond acceptors (Lipinski definition) is 5. The molecule has 0 atom stereocenters. The van der Waals surface area contributed by atoms with Gasteiger partial charge in [0.05, 0.1) is 13.2 Å². The molecule has 0 aromatic carbocycles. The van der Waals surface area contributed by atoms with Crippen LogP contribution in [0, 0.1) is 0 Å². The van der Waals surface area contributed by atoms with Crippen molar-refractivity contribution in [2.24, 2.45) is 0 Å². The minimum atomic E-state index is -0.700. The highest BCUT2D eigenvalue weighted by Gasteiger charge is 2.07. The summed E-state index contributed by atoms with van der Waals surface area (Å²) in [7, 11) is 0. The van der Waals surface area contributed by atoms with E-state index in [1.54, 1.807) is 6.92 Å². The van der Waals surface area contributed by atoms with E-state index >= 15 is 0 Å². The number of unbranched alkanes of at least 4 members (excludes halogenated alkanes) is 12. The first-order chi connectivity index (χ1) is 14.6. The third kappa shape index (κ3) is 20.9. The lowest BCUT2D eigenvalue weighted by molar-refractivity contribution is -0.141. The minimum absolute atomic E-state index is 0.0198. The molecule has 0 saturated carbocycles. The molecule has 0 aliphatic rings. The summed E-state index contributed by atoms with van der Waals surface area (Å²) in [6.45, 7) is 4.32. The molecule has 0 aliphatic carbocycles. The van der Waals surface area contributed by atoms with Gasteiger partial charge in [-0.1, -0.05) is 84.0 Å². The van der Waals surface area contributed by atoms with Crippen LogP contribution in [0.25, 0.3) is 0 Å². The predicted octanol–water partition coefficient (Wildman–Crippen LogP) is 4.87. The number of hydrogen-bond donors (Lipinski definition) is 2. The van der Waals surface area contributed by atoms with E-state index in [4.69, 9.17) is 4.74 Å². The van der Waals surface area contributed by atoms with Crippen LogP contribution in [0.4, 0.5) is 4.79 Å². The maximum Gasteiger partial charge on any atom is 0.407 e. The van der Waals surface area contributed by atoms with Crippen molar-refractivity contribution < 1.29 is 23.9 Å². The topological polar surface area (TPSA) is 93.7 Å². The van der Waals surface area contributed by atoms with Gasteiger partial charge in [0.25, 0.3) is 0 Å². The number of amides is 2. The van der Waals surface area contributed by atoms with Crippen LogP contribution in [0.3, 0.4) is 0 Å². The van der Waals surface area contributed by atoms with Crippen molar-refractivity contribution in [1.82, 2.24) is 10.6 Å². The van der Waals surface area contributed by atoms with Crippen LogP contribution in [0.15, 0.2) is 0 Å². The minimum Gasteiger partial charge on any atom is -0.465 e. The molecule has 7 nitrogen and oxygen atoms in total. The highest BCUT2D eigenvalue weighted by molar-refractivity contribution is 5.78. The normalized spacial score (nSPS) is 10.5. The van der Waals surface area contributed by atoms with Gasteiger partial charge in [-0.25, -0.2) is 4.79 Å². The summed E-state index contributed by atoms with van der Waals surface area (Å²) in [6, 6.07) is 0. The van der Waals surface area contributed by atoms with E-state index in [0.29, 0.717) is 6.42 Å². The molecule has 2 amide bonds. The summed E-state index contributed by atoms with van der Waals surface area (Å²) in [5.41, 5.74) is 0. The fourth-order valence-corrected chi connectivity index (χ4v) is 3.13. The fourth-order valence-electron chi connectivity index (χ4n) is 3.13. The van der Waals surface area contributed by atoms with Gasteiger partial charge in [0.15, 0.2) is 0 Å². The number of carbonyl (C=O) groups excluding carboxylic acids is 3. The summed E-state index contributed by atoms with van der Waals surface area (Å²) in [6.07, 6.45) is 16.5. The van der Waals surface area contributed by atoms with Crippen molar-refractivity contribution in [3.63, 3.8) is 0 Å². The molecular weight excluding hydrogens is 384 g/mol. The van der Waals surface area contributed by atoms with Gasteiger partial charge in [0.2, 0.25) is 5.91 Å². The number of rotatable bonds is 20. The van der Waals surface area contributed by atoms with Gasteiger partial charge in [-0.2, -0.15) is 0 Å². The van der Waals surface area contributed by atoms with Crippen molar-refractivity contribution >= 4 is 18.0 Å². The Kier molecular flexibility index (Phi) is 20.6. The van der Waals surface area contributed by atoms with E-state index < -0.39 is 12.1 Å². The van der Waals surface area contributed by atoms with E-state index in [1.165, 1.54) is 70.6 Å². The lowest BCUT2D eigenvalue weighted by atomic mass is 10.0. The average molecular weight is 429 g/mol. The van der Waals surface area contributed by atoms with Gasteiger partial charge in [-0.05, 0) is 13.3 Å². The summed E-state index contributed by atoms with van der Waals surface area (Å²) >= 11 is 0. The van der Waals surface area contributed by atoms with E-state index in [1.807, 2.05) is 0 Å². The summed E-state index contributed by atoms with van der Waals surface area (Å²) in [5.74, 6) is -0.533. The molecule has 0 fully saturated rings. The molecule has 7 heteroatoms. The molecule has 30 heavy (non-hydrogen) atoms. The van der Waals surface area contributed by atoms with Crippen molar-refractivity contribution in [3.05, 3.63) is 0 Å². The van der Waals surface area contributed by atoms with Crippen LogP contribution < -0.4 is 10.6 Å². The summed E-state index contributed by atoms with van der Waals surface area (Å²) in [5, 5.41) is 5.02. The number of esters is 1. The maximum absolute atomic E-state index is 11.7. The molecule has 0 aromatic heterocycles. The lowest BCUT2D eigenvalue weighted by Crippen LogP contribution is -2.33.